The second kappa shape index (κ2) is 6.39. The summed E-state index contributed by atoms with van der Waals surface area (Å²) < 4.78 is 39.1. The van der Waals surface area contributed by atoms with Crippen LogP contribution >= 0.6 is 0 Å². The van der Waals surface area contributed by atoms with Gasteiger partial charge in [0.15, 0.2) is 5.82 Å². The molecule has 1 aromatic heterocycles. The summed E-state index contributed by atoms with van der Waals surface area (Å²) in [5.74, 6) is -0.528. The minimum atomic E-state index is -4.39. The summed E-state index contributed by atoms with van der Waals surface area (Å²) in [4.78, 5) is 14.8. The van der Waals surface area contributed by atoms with E-state index in [9.17, 15) is 18.0 Å². The Kier molecular flexibility index (Phi) is 4.26. The minimum Gasteiger partial charge on any atom is -0.481 e. The number of carboxylic acid groups (broad SMARTS) is 1. The fourth-order valence-electron chi connectivity index (χ4n) is 2.27. The van der Waals surface area contributed by atoms with Crippen LogP contribution in [0.15, 0.2) is 54.9 Å². The molecule has 0 fully saturated rings. The smallest absolute Gasteiger partial charge is 0.416 e. The molecule has 0 amide bonds. The van der Waals surface area contributed by atoms with Crippen LogP contribution in [-0.4, -0.2) is 25.8 Å². The van der Waals surface area contributed by atoms with Crippen LogP contribution < -0.4 is 0 Å². The molecule has 2 aromatic carbocycles. The van der Waals surface area contributed by atoms with Gasteiger partial charge in [0.2, 0.25) is 0 Å². The number of rotatable bonds is 4. The predicted molar refractivity (Wildman–Crippen MR) is 83.1 cm³/mol. The van der Waals surface area contributed by atoms with Crippen LogP contribution in [0, 0.1) is 0 Å². The second-order valence-corrected chi connectivity index (χ2v) is 5.32. The van der Waals surface area contributed by atoms with Crippen molar-refractivity contribution in [1.82, 2.24) is 14.8 Å². The Bertz CT molecular complexity index is 885. The molecule has 0 aliphatic carbocycles. The Morgan fingerprint density at radius 2 is 1.68 bits per heavy atom. The van der Waals surface area contributed by atoms with E-state index in [2.05, 4.69) is 10.1 Å². The molecule has 128 valence electrons. The summed E-state index contributed by atoms with van der Waals surface area (Å²) in [6, 6.07) is 11.3. The van der Waals surface area contributed by atoms with Crippen molar-refractivity contribution in [2.24, 2.45) is 0 Å². The highest BCUT2D eigenvalue weighted by Gasteiger charge is 2.30. The van der Waals surface area contributed by atoms with E-state index in [1.807, 2.05) is 0 Å². The molecule has 0 bridgehead atoms. The number of carboxylic acids is 1. The number of halogens is 3. The summed E-state index contributed by atoms with van der Waals surface area (Å²) >= 11 is 0. The molecule has 25 heavy (non-hydrogen) atoms. The number of benzene rings is 2. The Morgan fingerprint density at radius 1 is 1.04 bits per heavy atom. The quantitative estimate of drug-likeness (QED) is 0.783. The third-order valence-electron chi connectivity index (χ3n) is 3.52. The number of hydrogen-bond acceptors (Lipinski definition) is 3. The number of carbonyl (C=O) groups is 1. The van der Waals surface area contributed by atoms with Crippen molar-refractivity contribution in [3.63, 3.8) is 0 Å². The van der Waals surface area contributed by atoms with Crippen molar-refractivity contribution in [3.05, 3.63) is 66.0 Å². The van der Waals surface area contributed by atoms with Crippen molar-refractivity contribution in [1.29, 1.82) is 0 Å². The first-order chi connectivity index (χ1) is 11.8. The molecule has 0 spiro atoms. The summed E-state index contributed by atoms with van der Waals surface area (Å²) in [6.07, 6.45) is -3.06. The first kappa shape index (κ1) is 16.7. The van der Waals surface area contributed by atoms with Gasteiger partial charge in [-0.2, -0.15) is 13.2 Å². The molecular formula is C17H12F3N3O2. The van der Waals surface area contributed by atoms with Crippen LogP contribution in [0.5, 0.6) is 0 Å². The van der Waals surface area contributed by atoms with Crippen LogP contribution in [-0.2, 0) is 17.4 Å². The highest BCUT2D eigenvalue weighted by Crippen LogP contribution is 2.29. The van der Waals surface area contributed by atoms with Gasteiger partial charge in [0, 0.05) is 5.56 Å². The highest BCUT2D eigenvalue weighted by molar-refractivity contribution is 5.70. The fourth-order valence-corrected chi connectivity index (χ4v) is 2.27. The first-order valence-electron chi connectivity index (χ1n) is 7.23. The van der Waals surface area contributed by atoms with E-state index < -0.39 is 17.7 Å². The molecule has 1 heterocycles. The topological polar surface area (TPSA) is 68.0 Å². The second-order valence-electron chi connectivity index (χ2n) is 5.32. The average Bonchev–Trinajstić information content (AvgIpc) is 3.04. The van der Waals surface area contributed by atoms with E-state index >= 15 is 0 Å². The van der Waals surface area contributed by atoms with Gasteiger partial charge in [-0.1, -0.05) is 24.3 Å². The molecular weight excluding hydrogens is 335 g/mol. The Labute approximate surface area is 140 Å². The van der Waals surface area contributed by atoms with Crippen LogP contribution in [0.4, 0.5) is 13.2 Å². The van der Waals surface area contributed by atoms with Gasteiger partial charge in [-0.05, 0) is 29.8 Å². The largest absolute Gasteiger partial charge is 0.481 e. The molecule has 0 aliphatic rings. The Balaban J connectivity index is 1.81. The van der Waals surface area contributed by atoms with Gasteiger partial charge in [0.1, 0.15) is 6.33 Å². The van der Waals surface area contributed by atoms with Gasteiger partial charge < -0.3 is 5.11 Å². The molecule has 1 N–H and O–H groups in total. The lowest BCUT2D eigenvalue weighted by atomic mass is 10.1. The zero-order chi connectivity index (χ0) is 18.0. The van der Waals surface area contributed by atoms with E-state index in [0.29, 0.717) is 22.6 Å². The minimum absolute atomic E-state index is 0.0757. The summed E-state index contributed by atoms with van der Waals surface area (Å²) in [6.45, 7) is 0. The van der Waals surface area contributed by atoms with Gasteiger partial charge in [0.25, 0.3) is 0 Å². The molecule has 5 nitrogen and oxygen atoms in total. The molecule has 3 aromatic rings. The van der Waals surface area contributed by atoms with E-state index in [1.54, 1.807) is 24.3 Å². The number of aromatic nitrogens is 3. The van der Waals surface area contributed by atoms with Crippen molar-refractivity contribution in [3.8, 4) is 17.1 Å². The lowest BCUT2D eigenvalue weighted by Crippen LogP contribution is -2.05. The molecule has 8 heteroatoms. The highest BCUT2D eigenvalue weighted by atomic mass is 19.4. The maximum Gasteiger partial charge on any atom is 0.416 e. The molecule has 3 rings (SSSR count). The number of nitrogens with zero attached hydrogens (tertiary/aromatic N) is 3. The van der Waals surface area contributed by atoms with Crippen LogP contribution in [0.1, 0.15) is 11.1 Å². The van der Waals surface area contributed by atoms with Crippen LogP contribution in [0.25, 0.3) is 17.1 Å². The maximum absolute atomic E-state index is 12.6. The summed E-state index contributed by atoms with van der Waals surface area (Å²) in [5, 5.41) is 13.0. The molecule has 0 aliphatic heterocycles. The third-order valence-corrected chi connectivity index (χ3v) is 3.52. The average molecular weight is 347 g/mol. The SMILES string of the molecule is O=C(O)Cc1ccc(-c2ncn(-c3ccc(C(F)(F)F)cc3)n2)cc1. The van der Waals surface area contributed by atoms with E-state index in [4.69, 9.17) is 5.11 Å². The number of hydrogen-bond donors (Lipinski definition) is 1. The Morgan fingerprint density at radius 3 is 2.24 bits per heavy atom. The predicted octanol–water partition coefficient (Wildman–Crippen LogP) is 3.58. The zero-order valence-electron chi connectivity index (χ0n) is 12.7. The zero-order valence-corrected chi connectivity index (χ0v) is 12.7. The molecule has 0 atom stereocenters. The normalized spacial score (nSPS) is 11.5. The summed E-state index contributed by atoms with van der Waals surface area (Å²) in [7, 11) is 0. The van der Waals surface area contributed by atoms with Gasteiger partial charge in [0.05, 0.1) is 17.7 Å². The van der Waals surface area contributed by atoms with Gasteiger partial charge in [-0.15, -0.1) is 5.10 Å². The molecule has 0 unspecified atom stereocenters. The first-order valence-corrected chi connectivity index (χ1v) is 7.23. The fraction of sp³-hybridized carbons (Fsp3) is 0.118. The van der Waals surface area contributed by atoms with Crippen molar-refractivity contribution >= 4 is 5.97 Å². The maximum atomic E-state index is 12.6. The lowest BCUT2D eigenvalue weighted by Gasteiger charge is -2.07. The van der Waals surface area contributed by atoms with Gasteiger partial charge in [-0.3, -0.25) is 4.79 Å². The number of alkyl halides is 3. The summed E-state index contributed by atoms with van der Waals surface area (Å²) in [5.41, 5.74) is 1.05. The van der Waals surface area contributed by atoms with Crippen molar-refractivity contribution < 1.29 is 23.1 Å². The van der Waals surface area contributed by atoms with E-state index in [0.717, 1.165) is 12.1 Å². The molecule has 0 saturated carbocycles. The van der Waals surface area contributed by atoms with Crippen LogP contribution in [0.3, 0.4) is 0 Å². The molecule has 0 radical (unpaired) electrons. The van der Waals surface area contributed by atoms with Crippen LogP contribution in [0.2, 0.25) is 0 Å². The monoisotopic (exact) mass is 347 g/mol. The van der Waals surface area contributed by atoms with E-state index in [-0.39, 0.29) is 6.42 Å². The van der Waals surface area contributed by atoms with Gasteiger partial charge in [-0.25, -0.2) is 9.67 Å². The standard InChI is InChI=1S/C17H12F3N3O2/c18-17(19,20)13-5-7-14(8-6-13)23-10-21-16(22-23)12-3-1-11(2-4-12)9-15(24)25/h1-8,10H,9H2,(H,24,25). The lowest BCUT2D eigenvalue weighted by molar-refractivity contribution is -0.138. The third kappa shape index (κ3) is 3.85. The van der Waals surface area contributed by atoms with E-state index in [1.165, 1.54) is 23.1 Å². The molecule has 0 saturated heterocycles. The number of aliphatic carboxylic acids is 1. The Hall–Kier alpha value is -3.16. The van der Waals surface area contributed by atoms with Crippen molar-refractivity contribution in [2.45, 2.75) is 12.6 Å². The van der Waals surface area contributed by atoms with Gasteiger partial charge >= 0.3 is 12.1 Å². The van der Waals surface area contributed by atoms with Crippen molar-refractivity contribution in [2.75, 3.05) is 0 Å².